The highest BCUT2D eigenvalue weighted by Crippen LogP contribution is 2.34. The zero-order valence-corrected chi connectivity index (χ0v) is 15.0. The van der Waals surface area contributed by atoms with Gasteiger partial charge in [0.25, 0.3) is 0 Å². The van der Waals surface area contributed by atoms with E-state index < -0.39 is 23.1 Å². The molecule has 2 aromatic carbocycles. The van der Waals surface area contributed by atoms with Crippen molar-refractivity contribution in [2.24, 2.45) is 0 Å². The van der Waals surface area contributed by atoms with Gasteiger partial charge in [0.05, 0.1) is 21.2 Å². The first kappa shape index (κ1) is 16.7. The topological polar surface area (TPSA) is 79.4 Å². The van der Waals surface area contributed by atoms with Gasteiger partial charge in [0, 0.05) is 6.42 Å². The van der Waals surface area contributed by atoms with E-state index in [0.29, 0.717) is 10.0 Å². The van der Waals surface area contributed by atoms with Crippen LogP contribution in [0.4, 0.5) is 10.5 Å². The second-order valence-corrected chi connectivity index (χ2v) is 8.10. The van der Waals surface area contributed by atoms with Crippen molar-refractivity contribution in [2.75, 3.05) is 4.90 Å². The van der Waals surface area contributed by atoms with Gasteiger partial charge in [0.15, 0.2) is 4.34 Å². The number of thioether (sulfide) groups is 1. The molecule has 0 saturated carbocycles. The summed E-state index contributed by atoms with van der Waals surface area (Å²) in [5, 5.41) is 1.60. The van der Waals surface area contributed by atoms with Crippen molar-refractivity contribution in [2.45, 2.75) is 16.0 Å². The van der Waals surface area contributed by atoms with Crippen molar-refractivity contribution in [3.8, 4) is 0 Å². The molecule has 1 atom stereocenters. The Kier molecular flexibility index (Phi) is 4.44. The van der Waals surface area contributed by atoms with Crippen LogP contribution in [-0.2, 0) is 9.59 Å². The minimum absolute atomic E-state index is 0.0763. The van der Waals surface area contributed by atoms with Crippen LogP contribution in [0.1, 0.15) is 6.42 Å². The normalized spacial score (nSPS) is 18.1. The standard InChI is InChI=1S/C18H13N3O3S2/c22-15-10-14(26-18-19-12-8-4-5-9-13(12)25-18)16(23)20-17(24)21(15)11-6-2-1-3-7-11/h1-9,14H,10H2,(H,20,23,24). The number of rotatable bonds is 3. The molecule has 1 aliphatic heterocycles. The largest absolute Gasteiger partial charge is 0.335 e. The summed E-state index contributed by atoms with van der Waals surface area (Å²) in [6.07, 6.45) is -0.0763. The molecule has 6 nitrogen and oxygen atoms in total. The van der Waals surface area contributed by atoms with Gasteiger partial charge in [0.1, 0.15) is 0 Å². The average Bonchev–Trinajstić information content (AvgIpc) is 3.00. The van der Waals surface area contributed by atoms with Crippen LogP contribution < -0.4 is 10.2 Å². The van der Waals surface area contributed by atoms with Crippen molar-refractivity contribution in [3.63, 3.8) is 0 Å². The molecule has 26 heavy (non-hydrogen) atoms. The van der Waals surface area contributed by atoms with Gasteiger partial charge in [-0.1, -0.05) is 42.1 Å². The maximum Gasteiger partial charge on any atom is 0.335 e. The molecule has 1 aliphatic rings. The number of carbonyl (C=O) groups excluding carboxylic acids is 3. The van der Waals surface area contributed by atoms with Gasteiger partial charge in [-0.2, -0.15) is 0 Å². The van der Waals surface area contributed by atoms with Crippen molar-refractivity contribution >= 4 is 56.8 Å². The highest BCUT2D eigenvalue weighted by Gasteiger charge is 2.36. The minimum atomic E-state index is -0.724. The van der Waals surface area contributed by atoms with E-state index in [-0.39, 0.29) is 6.42 Å². The summed E-state index contributed by atoms with van der Waals surface area (Å²) in [5.74, 6) is -0.899. The van der Waals surface area contributed by atoms with Crippen LogP contribution in [-0.4, -0.2) is 28.1 Å². The molecule has 0 bridgehead atoms. The van der Waals surface area contributed by atoms with E-state index in [1.54, 1.807) is 30.3 Å². The molecular formula is C18H13N3O3S2. The summed E-state index contributed by atoms with van der Waals surface area (Å²) >= 11 is 2.67. The fraction of sp³-hybridized carbons (Fsp3) is 0.111. The first-order valence-electron chi connectivity index (χ1n) is 7.87. The van der Waals surface area contributed by atoms with Crippen LogP contribution >= 0.6 is 23.1 Å². The van der Waals surface area contributed by atoms with Crippen molar-refractivity contribution in [1.82, 2.24) is 10.3 Å². The molecule has 2 heterocycles. The van der Waals surface area contributed by atoms with Gasteiger partial charge >= 0.3 is 6.03 Å². The fourth-order valence-electron chi connectivity index (χ4n) is 2.65. The van der Waals surface area contributed by atoms with Crippen LogP contribution in [0.2, 0.25) is 0 Å². The Labute approximate surface area is 157 Å². The number of nitrogens with zero attached hydrogens (tertiary/aromatic N) is 2. The van der Waals surface area contributed by atoms with Gasteiger partial charge in [0.2, 0.25) is 11.8 Å². The second kappa shape index (κ2) is 6.89. The summed E-state index contributed by atoms with van der Waals surface area (Å²) in [6.45, 7) is 0. The van der Waals surface area contributed by atoms with Crippen LogP contribution in [0.3, 0.4) is 0 Å². The lowest BCUT2D eigenvalue weighted by molar-refractivity contribution is -0.122. The summed E-state index contributed by atoms with van der Waals surface area (Å²) in [7, 11) is 0. The monoisotopic (exact) mass is 383 g/mol. The molecule has 0 radical (unpaired) electrons. The van der Waals surface area contributed by atoms with Crippen LogP contribution in [0, 0.1) is 0 Å². The number of imide groups is 2. The number of nitrogens with one attached hydrogen (secondary N) is 1. The Morgan fingerprint density at radius 2 is 1.77 bits per heavy atom. The molecule has 4 amide bonds. The summed E-state index contributed by atoms with van der Waals surface area (Å²) in [4.78, 5) is 42.9. The number of hydrogen-bond donors (Lipinski definition) is 1. The number of fused-ring (bicyclic) bond motifs is 1. The van der Waals surface area contributed by atoms with E-state index in [2.05, 4.69) is 10.3 Å². The third-order valence-corrected chi connectivity index (χ3v) is 6.19. The molecule has 1 saturated heterocycles. The zero-order chi connectivity index (χ0) is 18.1. The molecule has 1 unspecified atom stereocenters. The zero-order valence-electron chi connectivity index (χ0n) is 13.4. The quantitative estimate of drug-likeness (QED) is 0.750. The number of urea groups is 1. The molecule has 1 N–H and O–H groups in total. The lowest BCUT2D eigenvalue weighted by Gasteiger charge is -2.17. The van der Waals surface area contributed by atoms with E-state index in [4.69, 9.17) is 0 Å². The molecule has 3 aromatic rings. The lowest BCUT2D eigenvalue weighted by atomic mass is 10.2. The third kappa shape index (κ3) is 3.21. The van der Waals surface area contributed by atoms with Gasteiger partial charge in [-0.05, 0) is 24.3 Å². The van der Waals surface area contributed by atoms with Crippen LogP contribution in [0.5, 0.6) is 0 Å². The first-order chi connectivity index (χ1) is 12.6. The number of amides is 4. The summed E-state index contributed by atoms with van der Waals surface area (Å²) in [6, 6.07) is 15.5. The number of hydrogen-bond acceptors (Lipinski definition) is 6. The molecule has 0 spiro atoms. The molecule has 1 aromatic heterocycles. The van der Waals surface area contributed by atoms with Crippen molar-refractivity contribution in [1.29, 1.82) is 0 Å². The van der Waals surface area contributed by atoms with E-state index in [9.17, 15) is 14.4 Å². The average molecular weight is 383 g/mol. The van der Waals surface area contributed by atoms with E-state index in [0.717, 1.165) is 15.1 Å². The van der Waals surface area contributed by atoms with Crippen LogP contribution in [0.25, 0.3) is 10.2 Å². The maximum atomic E-state index is 12.6. The Hall–Kier alpha value is -2.71. The third-order valence-electron chi connectivity index (χ3n) is 3.87. The van der Waals surface area contributed by atoms with E-state index >= 15 is 0 Å². The fourth-order valence-corrected chi connectivity index (χ4v) is 4.95. The SMILES string of the molecule is O=C1NC(=O)N(c2ccccc2)C(=O)CC1Sc1nc2ccccc2s1. The van der Waals surface area contributed by atoms with Gasteiger partial charge in [-0.15, -0.1) is 11.3 Å². The molecule has 1 fully saturated rings. The maximum absolute atomic E-state index is 12.6. The number of benzene rings is 2. The molecule has 4 rings (SSSR count). The number of thiazole rings is 1. The summed E-state index contributed by atoms with van der Waals surface area (Å²) in [5.41, 5.74) is 1.29. The number of aromatic nitrogens is 1. The molecular weight excluding hydrogens is 370 g/mol. The molecule has 8 heteroatoms. The smallest absolute Gasteiger partial charge is 0.276 e. The predicted molar refractivity (Wildman–Crippen MR) is 101 cm³/mol. The highest BCUT2D eigenvalue weighted by atomic mass is 32.2. The summed E-state index contributed by atoms with van der Waals surface area (Å²) < 4.78 is 1.71. The van der Waals surface area contributed by atoms with Gasteiger partial charge in [-0.25, -0.2) is 14.7 Å². The Morgan fingerprint density at radius 3 is 2.54 bits per heavy atom. The van der Waals surface area contributed by atoms with E-state index in [1.807, 2.05) is 24.3 Å². The van der Waals surface area contributed by atoms with Crippen LogP contribution in [0.15, 0.2) is 58.9 Å². The minimum Gasteiger partial charge on any atom is -0.276 e. The number of anilines is 1. The molecule has 130 valence electrons. The Morgan fingerprint density at radius 1 is 1.04 bits per heavy atom. The van der Waals surface area contributed by atoms with Gasteiger partial charge in [-0.3, -0.25) is 14.9 Å². The van der Waals surface area contributed by atoms with Crippen molar-refractivity contribution in [3.05, 3.63) is 54.6 Å². The number of para-hydroxylation sites is 2. The highest BCUT2D eigenvalue weighted by molar-refractivity contribution is 8.02. The molecule has 0 aliphatic carbocycles. The second-order valence-electron chi connectivity index (χ2n) is 5.62. The predicted octanol–water partition coefficient (Wildman–Crippen LogP) is 3.43. The van der Waals surface area contributed by atoms with Crippen molar-refractivity contribution < 1.29 is 14.4 Å². The van der Waals surface area contributed by atoms with Gasteiger partial charge < -0.3 is 0 Å². The number of carbonyl (C=O) groups is 3. The Balaban J connectivity index is 1.59. The Bertz CT molecular complexity index is 970. The van der Waals surface area contributed by atoms with E-state index in [1.165, 1.54) is 23.1 Å². The lowest BCUT2D eigenvalue weighted by Crippen LogP contribution is -2.43. The first-order valence-corrected chi connectivity index (χ1v) is 9.56.